The summed E-state index contributed by atoms with van der Waals surface area (Å²) in [4.78, 5) is 26.1. The Morgan fingerprint density at radius 1 is 0.848 bits per heavy atom. The van der Waals surface area contributed by atoms with E-state index in [0.717, 1.165) is 13.2 Å². The van der Waals surface area contributed by atoms with E-state index in [1.807, 2.05) is 12.1 Å². The molecule has 0 spiro atoms. The topological polar surface area (TPSA) is 55.4 Å². The maximum absolute atomic E-state index is 13.6. The van der Waals surface area contributed by atoms with E-state index in [1.165, 1.54) is 18.2 Å². The van der Waals surface area contributed by atoms with Gasteiger partial charge in [0.05, 0.1) is 18.1 Å². The second-order valence-electron chi connectivity index (χ2n) is 7.77. The molecule has 3 aromatic rings. The van der Waals surface area contributed by atoms with Crippen LogP contribution in [-0.4, -0.2) is 25.0 Å². The molecule has 0 aromatic heterocycles. The quantitative estimate of drug-likeness (QED) is 0.515. The molecule has 0 aliphatic heterocycles. The van der Waals surface area contributed by atoms with Crippen molar-refractivity contribution in [1.82, 2.24) is 5.32 Å². The first kappa shape index (κ1) is 24.0. The van der Waals surface area contributed by atoms with Gasteiger partial charge in [-0.2, -0.15) is 13.2 Å². The summed E-state index contributed by atoms with van der Waals surface area (Å²) in [6.07, 6.45) is -4.96. The lowest BCUT2D eigenvalue weighted by atomic mass is 9.75. The number of benzene rings is 3. The van der Waals surface area contributed by atoms with Crippen molar-refractivity contribution >= 4 is 11.9 Å². The van der Waals surface area contributed by atoms with E-state index in [1.54, 1.807) is 55.5 Å². The van der Waals surface area contributed by atoms with Crippen LogP contribution in [-0.2, 0) is 32.3 Å². The predicted molar refractivity (Wildman–Crippen MR) is 118 cm³/mol. The van der Waals surface area contributed by atoms with Gasteiger partial charge in [-0.25, -0.2) is 4.79 Å². The molecule has 0 unspecified atom stereocenters. The molecule has 1 N–H and O–H groups in total. The lowest BCUT2D eigenvalue weighted by molar-refractivity contribution is -0.146. The summed E-state index contributed by atoms with van der Waals surface area (Å²) in [7, 11) is 1.13. The van der Waals surface area contributed by atoms with Gasteiger partial charge in [-0.3, -0.25) is 4.79 Å². The SMILES string of the molecule is COC(=O)[C@@H](Cc1ccccc1C(F)(F)F)NC(=O)C(C)(c1ccccc1)c1ccccc1. The largest absolute Gasteiger partial charge is 0.467 e. The molecule has 3 rings (SSSR count). The van der Waals surface area contributed by atoms with Crippen molar-refractivity contribution < 1.29 is 27.5 Å². The van der Waals surface area contributed by atoms with E-state index in [0.29, 0.717) is 11.1 Å². The van der Waals surface area contributed by atoms with Crippen molar-refractivity contribution in [3.05, 3.63) is 107 Å². The Balaban J connectivity index is 1.99. The van der Waals surface area contributed by atoms with E-state index >= 15 is 0 Å². The fourth-order valence-corrected chi connectivity index (χ4v) is 3.80. The van der Waals surface area contributed by atoms with Crippen LogP contribution in [0.1, 0.15) is 29.2 Å². The van der Waals surface area contributed by atoms with Crippen LogP contribution in [0.15, 0.2) is 84.9 Å². The molecule has 1 atom stereocenters. The minimum Gasteiger partial charge on any atom is -0.467 e. The van der Waals surface area contributed by atoms with Gasteiger partial charge >= 0.3 is 12.1 Å². The monoisotopic (exact) mass is 455 g/mol. The zero-order valence-electron chi connectivity index (χ0n) is 18.2. The minimum absolute atomic E-state index is 0.109. The number of rotatable bonds is 7. The Kier molecular flexibility index (Phi) is 7.21. The molecule has 4 nitrogen and oxygen atoms in total. The van der Waals surface area contributed by atoms with Crippen molar-refractivity contribution in [3.63, 3.8) is 0 Å². The van der Waals surface area contributed by atoms with Crippen LogP contribution in [0.3, 0.4) is 0 Å². The number of carbonyl (C=O) groups excluding carboxylic acids is 2. The molecule has 0 saturated heterocycles. The Labute approximate surface area is 190 Å². The molecule has 0 saturated carbocycles. The van der Waals surface area contributed by atoms with Gasteiger partial charge in [-0.05, 0) is 29.7 Å². The van der Waals surface area contributed by atoms with E-state index in [4.69, 9.17) is 4.74 Å². The molecule has 0 aliphatic carbocycles. The minimum atomic E-state index is -4.59. The zero-order valence-corrected chi connectivity index (χ0v) is 18.2. The molecule has 0 aliphatic rings. The van der Waals surface area contributed by atoms with Crippen LogP contribution < -0.4 is 5.32 Å². The van der Waals surface area contributed by atoms with Crippen LogP contribution in [0.5, 0.6) is 0 Å². The highest BCUT2D eigenvalue weighted by Gasteiger charge is 2.40. The van der Waals surface area contributed by atoms with Gasteiger partial charge < -0.3 is 10.1 Å². The van der Waals surface area contributed by atoms with Crippen molar-refractivity contribution in [1.29, 1.82) is 0 Å². The first-order valence-corrected chi connectivity index (χ1v) is 10.3. The standard InChI is InChI=1S/C26H24F3NO3/c1-25(19-12-5-3-6-13-19,20-14-7-4-8-15-20)24(32)30-22(23(31)33-2)17-18-11-9-10-16-21(18)26(27,28)29/h3-16,22H,17H2,1-2H3,(H,30,32)/t22-/m1/s1. The summed E-state index contributed by atoms with van der Waals surface area (Å²) < 4.78 is 45.2. The number of hydrogen-bond donors (Lipinski definition) is 1. The molecule has 1 amide bonds. The number of alkyl halides is 3. The van der Waals surface area contributed by atoms with Gasteiger partial charge in [-0.15, -0.1) is 0 Å². The molecular weight excluding hydrogens is 431 g/mol. The average Bonchev–Trinajstić information content (AvgIpc) is 2.83. The number of amides is 1. The van der Waals surface area contributed by atoms with E-state index < -0.39 is 35.1 Å². The third kappa shape index (κ3) is 5.25. The van der Waals surface area contributed by atoms with Gasteiger partial charge in [0.15, 0.2) is 0 Å². The van der Waals surface area contributed by atoms with E-state index in [2.05, 4.69) is 5.32 Å². The van der Waals surface area contributed by atoms with Gasteiger partial charge in [0.25, 0.3) is 0 Å². The number of hydrogen-bond acceptors (Lipinski definition) is 3. The first-order chi connectivity index (χ1) is 15.7. The summed E-state index contributed by atoms with van der Waals surface area (Å²) in [6, 6.07) is 21.6. The molecular formula is C26H24F3NO3. The Morgan fingerprint density at radius 2 is 1.33 bits per heavy atom. The summed E-state index contributed by atoms with van der Waals surface area (Å²) in [5.74, 6) is -1.36. The van der Waals surface area contributed by atoms with Crippen molar-refractivity contribution in [3.8, 4) is 0 Å². The maximum atomic E-state index is 13.6. The third-order valence-electron chi connectivity index (χ3n) is 5.69. The Hall–Kier alpha value is -3.61. The van der Waals surface area contributed by atoms with Gasteiger partial charge in [0.2, 0.25) is 5.91 Å². The molecule has 33 heavy (non-hydrogen) atoms. The fraction of sp³-hybridized carbons (Fsp3) is 0.231. The van der Waals surface area contributed by atoms with Gasteiger partial charge in [0.1, 0.15) is 6.04 Å². The van der Waals surface area contributed by atoms with Gasteiger partial charge in [0, 0.05) is 6.42 Å². The zero-order chi connectivity index (χ0) is 24.1. The highest BCUT2D eigenvalue weighted by Crippen LogP contribution is 2.34. The molecule has 7 heteroatoms. The molecule has 0 heterocycles. The Morgan fingerprint density at radius 3 is 1.82 bits per heavy atom. The number of carbonyl (C=O) groups is 2. The van der Waals surface area contributed by atoms with Crippen molar-refractivity contribution in [2.45, 2.75) is 31.0 Å². The molecule has 3 aromatic carbocycles. The van der Waals surface area contributed by atoms with Crippen LogP contribution in [0.4, 0.5) is 13.2 Å². The lowest BCUT2D eigenvalue weighted by Gasteiger charge is -2.31. The van der Waals surface area contributed by atoms with E-state index in [9.17, 15) is 22.8 Å². The number of nitrogens with one attached hydrogen (secondary N) is 1. The third-order valence-corrected chi connectivity index (χ3v) is 5.69. The van der Waals surface area contributed by atoms with E-state index in [-0.39, 0.29) is 12.0 Å². The number of ether oxygens (including phenoxy) is 1. The highest BCUT2D eigenvalue weighted by atomic mass is 19.4. The highest BCUT2D eigenvalue weighted by molar-refractivity contribution is 5.94. The summed E-state index contributed by atoms with van der Waals surface area (Å²) in [6.45, 7) is 1.71. The summed E-state index contributed by atoms with van der Waals surface area (Å²) in [5.41, 5.74) is -0.817. The second-order valence-corrected chi connectivity index (χ2v) is 7.77. The summed E-state index contributed by atoms with van der Waals surface area (Å²) >= 11 is 0. The molecule has 0 radical (unpaired) electrons. The smallest absolute Gasteiger partial charge is 0.416 e. The summed E-state index contributed by atoms with van der Waals surface area (Å²) in [5, 5.41) is 2.65. The van der Waals surface area contributed by atoms with Crippen molar-refractivity contribution in [2.24, 2.45) is 0 Å². The maximum Gasteiger partial charge on any atom is 0.416 e. The lowest BCUT2D eigenvalue weighted by Crippen LogP contribution is -2.51. The number of halogens is 3. The van der Waals surface area contributed by atoms with Gasteiger partial charge in [-0.1, -0.05) is 78.9 Å². The van der Waals surface area contributed by atoms with Crippen LogP contribution in [0.25, 0.3) is 0 Å². The molecule has 0 fully saturated rings. The normalized spacial score (nSPS) is 12.6. The fourth-order valence-electron chi connectivity index (χ4n) is 3.80. The van der Waals surface area contributed by atoms with Crippen LogP contribution >= 0.6 is 0 Å². The number of esters is 1. The van der Waals surface area contributed by atoms with Crippen LogP contribution in [0.2, 0.25) is 0 Å². The second kappa shape index (κ2) is 9.90. The average molecular weight is 455 g/mol. The molecule has 172 valence electrons. The van der Waals surface area contributed by atoms with Crippen molar-refractivity contribution in [2.75, 3.05) is 7.11 Å². The number of methoxy groups -OCH3 is 1. The predicted octanol–water partition coefficient (Wildman–Crippen LogP) is 4.91. The Bertz CT molecular complexity index is 1060. The molecule has 0 bridgehead atoms. The first-order valence-electron chi connectivity index (χ1n) is 10.3. The van der Waals surface area contributed by atoms with Crippen LogP contribution in [0, 0.1) is 0 Å².